The van der Waals surface area contributed by atoms with Gasteiger partial charge in [-0.1, -0.05) is 18.3 Å². The standard InChI is InChI=1S/C15H24N4OS/c1-3-12-16-17-14(21-12)19-9-5-7-15(11-19)8-6-13(20)18(4-2)10-15/h3-11H2,1-2H3/t15-/m1/s1. The van der Waals surface area contributed by atoms with E-state index >= 15 is 0 Å². The Hall–Kier alpha value is -1.17. The van der Waals surface area contributed by atoms with E-state index in [-0.39, 0.29) is 5.41 Å². The Morgan fingerprint density at radius 3 is 2.81 bits per heavy atom. The Labute approximate surface area is 130 Å². The zero-order chi connectivity index (χ0) is 14.9. The number of carbonyl (C=O) groups excluding carboxylic acids is 1. The molecule has 0 aliphatic carbocycles. The van der Waals surface area contributed by atoms with E-state index in [2.05, 4.69) is 28.9 Å². The molecule has 0 radical (unpaired) electrons. The minimum atomic E-state index is 0.264. The lowest BCUT2D eigenvalue weighted by Gasteiger charge is -2.48. The highest BCUT2D eigenvalue weighted by molar-refractivity contribution is 7.15. The number of likely N-dealkylation sites (tertiary alicyclic amines) is 1. The van der Waals surface area contributed by atoms with Gasteiger partial charge < -0.3 is 9.80 Å². The van der Waals surface area contributed by atoms with Crippen LogP contribution < -0.4 is 4.90 Å². The second-order valence-corrected chi connectivity index (χ2v) is 7.31. The molecule has 0 N–H and O–H groups in total. The summed E-state index contributed by atoms with van der Waals surface area (Å²) in [5.41, 5.74) is 0.264. The molecule has 2 aliphatic heterocycles. The number of hydrogen-bond donors (Lipinski definition) is 0. The third-order valence-corrected chi connectivity index (χ3v) is 5.95. The zero-order valence-electron chi connectivity index (χ0n) is 13.0. The topological polar surface area (TPSA) is 49.3 Å². The van der Waals surface area contributed by atoms with E-state index in [1.54, 1.807) is 11.3 Å². The smallest absolute Gasteiger partial charge is 0.222 e. The maximum atomic E-state index is 11.9. The lowest BCUT2D eigenvalue weighted by molar-refractivity contribution is -0.137. The minimum absolute atomic E-state index is 0.264. The quantitative estimate of drug-likeness (QED) is 0.860. The van der Waals surface area contributed by atoms with Gasteiger partial charge in [0.25, 0.3) is 0 Å². The summed E-state index contributed by atoms with van der Waals surface area (Å²) in [6, 6.07) is 0. The van der Waals surface area contributed by atoms with E-state index in [9.17, 15) is 4.79 Å². The van der Waals surface area contributed by atoms with Crippen LogP contribution in [0.4, 0.5) is 5.13 Å². The SMILES string of the molecule is CCc1nnc(N2CCC[C@]3(CCC(=O)N(CC)C3)C2)s1. The number of piperidine rings is 2. The predicted octanol–water partition coefficient (Wildman–Crippen LogP) is 2.33. The first-order chi connectivity index (χ1) is 10.2. The molecule has 1 aromatic heterocycles. The van der Waals surface area contributed by atoms with Crippen molar-refractivity contribution in [2.24, 2.45) is 5.41 Å². The third-order valence-electron chi connectivity index (χ3n) is 4.82. The molecule has 3 heterocycles. The number of nitrogens with zero attached hydrogens (tertiary/aromatic N) is 4. The van der Waals surface area contributed by atoms with Crippen molar-refractivity contribution in [3.8, 4) is 0 Å². The van der Waals surface area contributed by atoms with E-state index in [4.69, 9.17) is 0 Å². The van der Waals surface area contributed by atoms with Crippen LogP contribution in [-0.4, -0.2) is 47.2 Å². The van der Waals surface area contributed by atoms with Gasteiger partial charge in [-0.3, -0.25) is 4.79 Å². The first-order valence-electron chi connectivity index (χ1n) is 8.01. The predicted molar refractivity (Wildman–Crippen MR) is 84.7 cm³/mol. The monoisotopic (exact) mass is 308 g/mol. The van der Waals surface area contributed by atoms with Gasteiger partial charge >= 0.3 is 0 Å². The normalized spacial score (nSPS) is 26.7. The summed E-state index contributed by atoms with van der Waals surface area (Å²) >= 11 is 1.72. The van der Waals surface area contributed by atoms with Gasteiger partial charge in [-0.15, -0.1) is 10.2 Å². The number of carbonyl (C=O) groups is 1. The minimum Gasteiger partial charge on any atom is -0.346 e. The molecule has 2 aliphatic rings. The number of aryl methyl sites for hydroxylation is 1. The molecule has 2 fully saturated rings. The highest BCUT2D eigenvalue weighted by atomic mass is 32.1. The zero-order valence-corrected chi connectivity index (χ0v) is 13.8. The van der Waals surface area contributed by atoms with Gasteiger partial charge in [-0.25, -0.2) is 0 Å². The molecule has 3 rings (SSSR count). The van der Waals surface area contributed by atoms with E-state index in [0.29, 0.717) is 12.3 Å². The van der Waals surface area contributed by atoms with Crippen molar-refractivity contribution >= 4 is 22.4 Å². The summed E-state index contributed by atoms with van der Waals surface area (Å²) in [4.78, 5) is 16.4. The van der Waals surface area contributed by atoms with Gasteiger partial charge in [-0.05, 0) is 32.6 Å². The molecule has 21 heavy (non-hydrogen) atoms. The van der Waals surface area contributed by atoms with Crippen molar-refractivity contribution in [3.63, 3.8) is 0 Å². The summed E-state index contributed by atoms with van der Waals surface area (Å²) in [6.45, 7) is 8.04. The molecule has 0 unspecified atom stereocenters. The summed E-state index contributed by atoms with van der Waals surface area (Å²) < 4.78 is 0. The van der Waals surface area contributed by atoms with Gasteiger partial charge in [0.2, 0.25) is 11.0 Å². The van der Waals surface area contributed by atoms with E-state index in [1.165, 1.54) is 12.8 Å². The summed E-state index contributed by atoms with van der Waals surface area (Å²) in [5.74, 6) is 0.324. The van der Waals surface area contributed by atoms with Crippen molar-refractivity contribution in [2.75, 3.05) is 31.1 Å². The lowest BCUT2D eigenvalue weighted by atomic mass is 9.73. The second kappa shape index (κ2) is 5.91. The molecular formula is C15H24N4OS. The first kappa shape index (κ1) is 14.8. The van der Waals surface area contributed by atoms with Crippen molar-refractivity contribution in [2.45, 2.75) is 46.0 Å². The van der Waals surface area contributed by atoms with Gasteiger partial charge in [0.15, 0.2) is 0 Å². The van der Waals surface area contributed by atoms with Crippen LogP contribution in [0.5, 0.6) is 0 Å². The third kappa shape index (κ3) is 2.91. The highest BCUT2D eigenvalue weighted by Crippen LogP contribution is 2.40. The fraction of sp³-hybridized carbons (Fsp3) is 0.800. The van der Waals surface area contributed by atoms with Crippen molar-refractivity contribution in [1.29, 1.82) is 0 Å². The number of amides is 1. The van der Waals surface area contributed by atoms with Crippen LogP contribution in [0, 0.1) is 5.41 Å². The molecule has 0 saturated carbocycles. The van der Waals surface area contributed by atoms with Crippen LogP contribution in [0.2, 0.25) is 0 Å². The Morgan fingerprint density at radius 1 is 1.24 bits per heavy atom. The molecule has 1 amide bonds. The van der Waals surface area contributed by atoms with Crippen LogP contribution in [0.15, 0.2) is 0 Å². The molecule has 0 bridgehead atoms. The van der Waals surface area contributed by atoms with Gasteiger partial charge in [0.05, 0.1) is 0 Å². The average molecular weight is 308 g/mol. The van der Waals surface area contributed by atoms with Gasteiger partial charge in [-0.2, -0.15) is 0 Å². The summed E-state index contributed by atoms with van der Waals surface area (Å²) in [6.07, 6.45) is 5.10. The lowest BCUT2D eigenvalue weighted by Crippen LogP contribution is -2.54. The van der Waals surface area contributed by atoms with Gasteiger partial charge in [0.1, 0.15) is 5.01 Å². The van der Waals surface area contributed by atoms with Crippen molar-refractivity contribution < 1.29 is 4.79 Å². The van der Waals surface area contributed by atoms with E-state index < -0.39 is 0 Å². The van der Waals surface area contributed by atoms with Crippen LogP contribution in [-0.2, 0) is 11.2 Å². The van der Waals surface area contributed by atoms with Crippen LogP contribution >= 0.6 is 11.3 Å². The average Bonchev–Trinajstić information content (AvgIpc) is 2.99. The molecule has 2 saturated heterocycles. The number of anilines is 1. The first-order valence-corrected chi connectivity index (χ1v) is 8.82. The highest BCUT2D eigenvalue weighted by Gasteiger charge is 2.41. The number of aromatic nitrogens is 2. The molecular weight excluding hydrogens is 284 g/mol. The Balaban J connectivity index is 1.74. The Morgan fingerprint density at radius 2 is 2.10 bits per heavy atom. The largest absolute Gasteiger partial charge is 0.346 e. The number of rotatable bonds is 3. The van der Waals surface area contributed by atoms with E-state index in [1.807, 2.05) is 4.90 Å². The molecule has 6 heteroatoms. The number of hydrogen-bond acceptors (Lipinski definition) is 5. The fourth-order valence-corrected chi connectivity index (χ4v) is 4.41. The van der Waals surface area contributed by atoms with Crippen LogP contribution in [0.1, 0.15) is 44.5 Å². The van der Waals surface area contributed by atoms with Crippen molar-refractivity contribution in [3.05, 3.63) is 5.01 Å². The molecule has 1 aromatic rings. The van der Waals surface area contributed by atoms with Crippen LogP contribution in [0.3, 0.4) is 0 Å². The molecule has 1 spiro atoms. The second-order valence-electron chi connectivity index (χ2n) is 6.26. The summed E-state index contributed by atoms with van der Waals surface area (Å²) in [7, 11) is 0. The fourth-order valence-electron chi connectivity index (χ4n) is 3.61. The van der Waals surface area contributed by atoms with Gasteiger partial charge in [0, 0.05) is 38.0 Å². The summed E-state index contributed by atoms with van der Waals surface area (Å²) in [5, 5.41) is 10.8. The maximum absolute atomic E-state index is 11.9. The van der Waals surface area contributed by atoms with Crippen molar-refractivity contribution in [1.82, 2.24) is 15.1 Å². The molecule has 1 atom stereocenters. The Kier molecular flexibility index (Phi) is 4.15. The Bertz CT molecular complexity index is 518. The van der Waals surface area contributed by atoms with Crippen LogP contribution in [0.25, 0.3) is 0 Å². The molecule has 5 nitrogen and oxygen atoms in total. The molecule has 0 aromatic carbocycles. The molecule has 116 valence electrons. The van der Waals surface area contributed by atoms with E-state index in [0.717, 1.165) is 49.2 Å². The maximum Gasteiger partial charge on any atom is 0.222 e.